The molecule has 6 rings (SSSR count). The van der Waals surface area contributed by atoms with E-state index in [1.165, 1.54) is 15.2 Å². The van der Waals surface area contributed by atoms with Crippen LogP contribution in [0.2, 0.25) is 0 Å². The van der Waals surface area contributed by atoms with Crippen LogP contribution in [0, 0.1) is 0 Å². The number of nitrogens with zero attached hydrogens (tertiary/aromatic N) is 11. The molecule has 0 bridgehead atoms. The summed E-state index contributed by atoms with van der Waals surface area (Å²) in [6.07, 6.45) is 2.74. The quantitative estimate of drug-likeness (QED) is 0.122. The smallest absolute Gasteiger partial charge is 0.424 e. The molecule has 1 aliphatic rings. The molecule has 212 valence electrons. The van der Waals surface area contributed by atoms with E-state index < -0.39 is 6.09 Å². The maximum Gasteiger partial charge on any atom is 0.424 e. The van der Waals surface area contributed by atoms with Crippen molar-refractivity contribution in [1.82, 2.24) is 49.8 Å². The van der Waals surface area contributed by atoms with Gasteiger partial charge in [-0.3, -0.25) is 4.39 Å². The topological polar surface area (TPSA) is 189 Å². The Bertz CT molecular complexity index is 1770. The lowest BCUT2D eigenvalue weighted by Crippen LogP contribution is -2.38. The molecule has 41 heavy (non-hydrogen) atoms. The number of oxime groups is 1. The number of aromatic nitrogens is 9. The van der Waals surface area contributed by atoms with E-state index in [4.69, 9.17) is 27.0 Å². The highest BCUT2D eigenvalue weighted by atomic mass is 35.5. The van der Waals surface area contributed by atoms with E-state index in [2.05, 4.69) is 45.3 Å². The Morgan fingerprint density at radius 1 is 1.12 bits per heavy atom. The maximum atomic E-state index is 12.7. The summed E-state index contributed by atoms with van der Waals surface area (Å²) in [5.74, 6) is 7.87. The van der Waals surface area contributed by atoms with E-state index >= 15 is 0 Å². The van der Waals surface area contributed by atoms with Crippen molar-refractivity contribution in [2.24, 2.45) is 11.0 Å². The van der Waals surface area contributed by atoms with E-state index in [0.717, 1.165) is 29.2 Å². The van der Waals surface area contributed by atoms with Gasteiger partial charge in [0.15, 0.2) is 41.4 Å². The number of hydrogen-bond donors (Lipinski definition) is 1. The van der Waals surface area contributed by atoms with Gasteiger partial charge < -0.3 is 9.26 Å². The fourth-order valence-corrected chi connectivity index (χ4v) is 4.25. The van der Waals surface area contributed by atoms with Crippen LogP contribution in [-0.4, -0.2) is 62.1 Å². The van der Waals surface area contributed by atoms with Crippen LogP contribution in [0.1, 0.15) is 68.2 Å². The van der Waals surface area contributed by atoms with Crippen molar-refractivity contribution < 1.29 is 18.4 Å². The highest BCUT2D eigenvalue weighted by molar-refractivity contribution is 6.07. The number of carbonyl (C=O) groups is 1. The molecule has 0 atom stereocenters. The summed E-state index contributed by atoms with van der Waals surface area (Å²) in [4.78, 5) is 12.7. The number of nitrogens with two attached hydrogens (primary N) is 1. The molecule has 17 heteroatoms. The molecular formula is C24H25ClN12O4. The van der Waals surface area contributed by atoms with E-state index in [-0.39, 0.29) is 24.4 Å². The minimum absolute atomic E-state index is 0.130. The summed E-state index contributed by atoms with van der Waals surface area (Å²) in [5.41, 5.74) is 3.16. The number of carbonyl (C=O) groups excluding carboxylic acids is 1. The molecular weight excluding hydrogens is 556 g/mol. The second-order valence-corrected chi connectivity index (χ2v) is 10.7. The Kier molecular flexibility index (Phi) is 6.70. The van der Waals surface area contributed by atoms with Gasteiger partial charge in [-0.1, -0.05) is 31.1 Å². The van der Waals surface area contributed by atoms with Crippen LogP contribution in [0.15, 0.2) is 33.9 Å². The largest absolute Gasteiger partial charge is 0.440 e. The first kappa shape index (κ1) is 26.5. The minimum atomic E-state index is -0.830. The van der Waals surface area contributed by atoms with Crippen LogP contribution in [0.25, 0.3) is 22.7 Å². The average molecular weight is 581 g/mol. The first-order valence-electron chi connectivity index (χ1n) is 12.7. The summed E-state index contributed by atoms with van der Waals surface area (Å²) in [6, 6.07) is 7.23. The van der Waals surface area contributed by atoms with Crippen LogP contribution in [0.3, 0.4) is 0 Å². The minimum Gasteiger partial charge on any atom is -0.440 e. The highest BCUT2D eigenvalue weighted by Crippen LogP contribution is 2.41. The molecule has 1 amide bonds. The van der Waals surface area contributed by atoms with Crippen molar-refractivity contribution in [3.63, 3.8) is 0 Å². The van der Waals surface area contributed by atoms with E-state index in [1.54, 1.807) is 12.1 Å². The number of ether oxygens (including phenoxy) is 1. The van der Waals surface area contributed by atoms with Crippen molar-refractivity contribution in [3.8, 4) is 11.4 Å². The first-order chi connectivity index (χ1) is 19.7. The average Bonchev–Trinajstić information content (AvgIpc) is 3.36. The normalized spacial score (nSPS) is 13.9. The molecule has 2 N–H and O–H groups in total. The Morgan fingerprint density at radius 3 is 2.63 bits per heavy atom. The van der Waals surface area contributed by atoms with Gasteiger partial charge in [-0.25, -0.2) is 15.6 Å². The van der Waals surface area contributed by atoms with Gasteiger partial charge in [0.25, 0.3) is 0 Å². The standard InChI is InChI=1S/C24H25ClN12O4/c1-24(2,3)14-8-20-29-31-22(37(20)33-17(14)10-27-41-25)12-39-23(38)35(26)11-21-30-28-19-7-6-15(32-36(19)21)16-9-18(40-34-16)13-4-5-13/h6-10,13H,4-5,11-12,26H2,1-3H3/b27-10-. The Hall–Kier alpha value is -4.70. The van der Waals surface area contributed by atoms with Gasteiger partial charge in [-0.05, 0) is 42.0 Å². The number of rotatable bonds is 8. The number of amides is 1. The first-order valence-corrected chi connectivity index (χ1v) is 13.0. The molecule has 0 radical (unpaired) electrons. The molecule has 0 aliphatic heterocycles. The molecule has 1 saturated carbocycles. The van der Waals surface area contributed by atoms with Gasteiger partial charge in [0.1, 0.15) is 29.4 Å². The van der Waals surface area contributed by atoms with Gasteiger partial charge >= 0.3 is 6.09 Å². The lowest BCUT2D eigenvalue weighted by molar-refractivity contribution is 0.0899. The fourth-order valence-electron chi connectivity index (χ4n) is 4.21. The van der Waals surface area contributed by atoms with E-state index in [9.17, 15) is 4.79 Å². The predicted molar refractivity (Wildman–Crippen MR) is 142 cm³/mol. The lowest BCUT2D eigenvalue weighted by atomic mass is 9.86. The second-order valence-electron chi connectivity index (χ2n) is 10.6. The van der Waals surface area contributed by atoms with Crippen LogP contribution in [-0.2, 0) is 27.7 Å². The Morgan fingerprint density at radius 2 is 1.88 bits per heavy atom. The van der Waals surface area contributed by atoms with Gasteiger partial charge in [-0.15, -0.1) is 20.4 Å². The molecule has 16 nitrogen and oxygen atoms in total. The monoisotopic (exact) mass is 580 g/mol. The zero-order valence-corrected chi connectivity index (χ0v) is 23.1. The summed E-state index contributed by atoms with van der Waals surface area (Å²) < 4.78 is 18.0. The molecule has 1 aliphatic carbocycles. The summed E-state index contributed by atoms with van der Waals surface area (Å²) in [5, 5.41) is 34.2. The summed E-state index contributed by atoms with van der Waals surface area (Å²) in [7, 11) is 0. The zero-order valence-electron chi connectivity index (χ0n) is 22.3. The molecule has 0 saturated heterocycles. The number of fused-ring (bicyclic) bond motifs is 2. The van der Waals surface area contributed by atoms with Crippen molar-refractivity contribution in [3.05, 3.63) is 52.9 Å². The third-order valence-electron chi connectivity index (χ3n) is 6.48. The number of hydrogen-bond acceptors (Lipinski definition) is 13. The molecule has 5 heterocycles. The number of hydrazine groups is 1. The maximum absolute atomic E-state index is 12.7. The lowest BCUT2D eigenvalue weighted by Gasteiger charge is -2.20. The van der Waals surface area contributed by atoms with E-state index in [1.807, 2.05) is 32.9 Å². The second kappa shape index (κ2) is 10.4. The Labute approximate surface area is 237 Å². The zero-order chi connectivity index (χ0) is 28.7. The third-order valence-corrected chi connectivity index (χ3v) is 6.56. The summed E-state index contributed by atoms with van der Waals surface area (Å²) >= 11 is 5.24. The van der Waals surface area contributed by atoms with Gasteiger partial charge in [0, 0.05) is 12.0 Å². The third kappa shape index (κ3) is 5.38. The fraction of sp³-hybridized carbons (Fsp3) is 0.375. The van der Waals surface area contributed by atoms with E-state index in [0.29, 0.717) is 40.1 Å². The van der Waals surface area contributed by atoms with Gasteiger partial charge in [-0.2, -0.15) is 19.2 Å². The highest BCUT2D eigenvalue weighted by Gasteiger charge is 2.28. The molecule has 0 unspecified atom stereocenters. The van der Waals surface area contributed by atoms with Crippen LogP contribution in [0.5, 0.6) is 0 Å². The van der Waals surface area contributed by atoms with Crippen LogP contribution in [0.4, 0.5) is 4.79 Å². The molecule has 0 spiro atoms. The molecule has 0 aromatic carbocycles. The van der Waals surface area contributed by atoms with Crippen LogP contribution < -0.4 is 5.84 Å². The summed E-state index contributed by atoms with van der Waals surface area (Å²) in [6.45, 7) is 5.67. The van der Waals surface area contributed by atoms with Crippen molar-refractivity contribution in [2.45, 2.75) is 58.1 Å². The molecule has 5 aromatic rings. The Balaban J connectivity index is 1.16. The van der Waals surface area contributed by atoms with Crippen molar-refractivity contribution in [2.75, 3.05) is 0 Å². The van der Waals surface area contributed by atoms with Crippen molar-refractivity contribution >= 4 is 35.5 Å². The van der Waals surface area contributed by atoms with Crippen LogP contribution >= 0.6 is 11.9 Å². The predicted octanol–water partition coefficient (Wildman–Crippen LogP) is 2.91. The SMILES string of the molecule is CC(C)(C)c1cc2nnc(COC(=O)N(N)Cc3nnc4ccc(-c5cc(C6CC6)on5)nn34)n2nc1/C=N\OCl. The number of halogens is 1. The molecule has 5 aromatic heterocycles. The van der Waals surface area contributed by atoms with Gasteiger partial charge in [0.05, 0.1) is 6.21 Å². The van der Waals surface area contributed by atoms with Crippen molar-refractivity contribution in [1.29, 1.82) is 0 Å². The molecule has 1 fully saturated rings. The van der Waals surface area contributed by atoms with Gasteiger partial charge in [0.2, 0.25) is 0 Å².